The highest BCUT2D eigenvalue weighted by Gasteiger charge is 2.47. The number of methoxy groups -OCH3 is 1. The van der Waals surface area contributed by atoms with E-state index in [-0.39, 0.29) is 11.1 Å². The molecule has 0 bridgehead atoms. The molecule has 0 spiro atoms. The van der Waals surface area contributed by atoms with Gasteiger partial charge in [-0.1, -0.05) is 60.2 Å². The van der Waals surface area contributed by atoms with E-state index in [2.05, 4.69) is 4.74 Å². The van der Waals surface area contributed by atoms with Crippen LogP contribution >= 0.6 is 0 Å². The summed E-state index contributed by atoms with van der Waals surface area (Å²) in [4.78, 5) is 24.7. The first kappa shape index (κ1) is 14.9. The molecule has 0 aliphatic heterocycles. The van der Waals surface area contributed by atoms with Crippen molar-refractivity contribution in [2.45, 2.75) is 12.5 Å². The van der Waals surface area contributed by atoms with Crippen LogP contribution < -0.4 is 0 Å². The molecule has 21 heavy (non-hydrogen) atoms. The number of esters is 1. The molecule has 108 valence electrons. The Morgan fingerprint density at radius 3 is 2.10 bits per heavy atom. The van der Waals surface area contributed by atoms with Crippen molar-refractivity contribution < 1.29 is 19.4 Å². The summed E-state index contributed by atoms with van der Waals surface area (Å²) in [6.45, 7) is 1.89. The van der Waals surface area contributed by atoms with E-state index in [0.717, 1.165) is 12.7 Å². The van der Waals surface area contributed by atoms with E-state index < -0.39 is 17.4 Å². The first-order chi connectivity index (χ1) is 10.00. The van der Waals surface area contributed by atoms with E-state index in [1.54, 1.807) is 42.5 Å². The molecule has 0 amide bonds. The fraction of sp³-hybridized carbons (Fsp3) is 0.176. The molecule has 1 N–H and O–H groups in total. The molecule has 0 saturated carbocycles. The minimum atomic E-state index is -2.34. The van der Waals surface area contributed by atoms with Crippen LogP contribution in [-0.2, 0) is 15.1 Å². The second-order valence-corrected chi connectivity index (χ2v) is 4.76. The number of carbonyl (C=O) groups is 2. The Kier molecular flexibility index (Phi) is 4.19. The highest BCUT2D eigenvalue weighted by molar-refractivity contribution is 6.15. The molecule has 0 heterocycles. The van der Waals surface area contributed by atoms with E-state index in [4.69, 9.17) is 0 Å². The van der Waals surface area contributed by atoms with Crippen molar-refractivity contribution in [2.75, 3.05) is 7.11 Å². The molecular weight excluding hydrogens is 268 g/mol. The lowest BCUT2D eigenvalue weighted by molar-refractivity contribution is -0.158. The molecule has 4 nitrogen and oxygen atoms in total. The maximum atomic E-state index is 12.6. The van der Waals surface area contributed by atoms with Gasteiger partial charge in [-0.05, 0) is 6.92 Å². The summed E-state index contributed by atoms with van der Waals surface area (Å²) >= 11 is 0. The van der Waals surface area contributed by atoms with Crippen molar-refractivity contribution in [1.29, 1.82) is 0 Å². The van der Waals surface area contributed by atoms with Gasteiger partial charge in [0.05, 0.1) is 7.11 Å². The molecule has 0 aromatic heterocycles. The molecule has 2 aromatic carbocycles. The van der Waals surface area contributed by atoms with Gasteiger partial charge in [-0.3, -0.25) is 4.79 Å². The van der Waals surface area contributed by atoms with E-state index >= 15 is 0 Å². The third kappa shape index (κ3) is 2.71. The summed E-state index contributed by atoms with van der Waals surface area (Å²) in [5.41, 5.74) is -0.932. The van der Waals surface area contributed by atoms with Gasteiger partial charge in [0.25, 0.3) is 5.60 Å². The van der Waals surface area contributed by atoms with Gasteiger partial charge in [0.1, 0.15) is 0 Å². The summed E-state index contributed by atoms with van der Waals surface area (Å²) in [5, 5.41) is 10.7. The zero-order valence-corrected chi connectivity index (χ0v) is 11.9. The Labute approximate surface area is 123 Å². The predicted molar refractivity (Wildman–Crippen MR) is 77.9 cm³/mol. The maximum Gasteiger partial charge on any atom is 0.350 e. The van der Waals surface area contributed by atoms with Crippen molar-refractivity contribution in [2.24, 2.45) is 0 Å². The van der Waals surface area contributed by atoms with Crippen LogP contribution in [0.25, 0.3) is 0 Å². The molecule has 1 atom stereocenters. The number of hydrogen-bond acceptors (Lipinski definition) is 4. The van der Waals surface area contributed by atoms with Gasteiger partial charge < -0.3 is 9.84 Å². The molecule has 0 aliphatic rings. The molecule has 4 heteroatoms. The van der Waals surface area contributed by atoms with E-state index in [1.807, 2.05) is 6.92 Å². The van der Waals surface area contributed by atoms with E-state index in [9.17, 15) is 14.7 Å². The smallest absolute Gasteiger partial charge is 0.350 e. The molecule has 0 saturated heterocycles. The highest BCUT2D eigenvalue weighted by atomic mass is 16.5. The monoisotopic (exact) mass is 284 g/mol. The normalized spacial score (nSPS) is 13.3. The number of Topliss-reactive ketones (excluding diaryl/α,β-unsaturated/α-hetero) is 1. The maximum absolute atomic E-state index is 12.6. The highest BCUT2D eigenvalue weighted by Crippen LogP contribution is 2.27. The second-order valence-electron chi connectivity index (χ2n) is 4.76. The fourth-order valence-corrected chi connectivity index (χ4v) is 2.08. The van der Waals surface area contributed by atoms with Crippen molar-refractivity contribution in [3.8, 4) is 0 Å². The van der Waals surface area contributed by atoms with E-state index in [0.29, 0.717) is 0 Å². The van der Waals surface area contributed by atoms with Crippen LogP contribution in [0.5, 0.6) is 0 Å². The first-order valence-corrected chi connectivity index (χ1v) is 6.48. The van der Waals surface area contributed by atoms with Crippen LogP contribution in [0.3, 0.4) is 0 Å². The van der Waals surface area contributed by atoms with Gasteiger partial charge in [-0.2, -0.15) is 0 Å². The number of hydrogen-bond donors (Lipinski definition) is 1. The molecule has 2 rings (SSSR count). The van der Waals surface area contributed by atoms with Crippen molar-refractivity contribution in [3.63, 3.8) is 0 Å². The SMILES string of the molecule is COC(=O)C(O)(C(=O)c1ccc(C)cc1)c1ccccc1. The average Bonchev–Trinajstić information content (AvgIpc) is 2.54. The van der Waals surface area contributed by atoms with Crippen LogP contribution in [-0.4, -0.2) is 24.0 Å². The summed E-state index contributed by atoms with van der Waals surface area (Å²) in [5.74, 6) is -1.71. The fourth-order valence-electron chi connectivity index (χ4n) is 2.08. The van der Waals surface area contributed by atoms with E-state index in [1.165, 1.54) is 12.1 Å². The van der Waals surface area contributed by atoms with Crippen molar-refractivity contribution >= 4 is 11.8 Å². The standard InChI is InChI=1S/C17H16O4/c1-12-8-10-13(11-9-12)15(18)17(20,16(19)21-2)14-6-4-3-5-7-14/h3-11,20H,1-2H3. The third-order valence-electron chi connectivity index (χ3n) is 3.31. The van der Waals surface area contributed by atoms with Crippen LogP contribution in [0.2, 0.25) is 0 Å². The van der Waals surface area contributed by atoms with Gasteiger partial charge in [-0.25, -0.2) is 4.79 Å². The average molecular weight is 284 g/mol. The second kappa shape index (κ2) is 5.89. The number of ketones is 1. The lowest BCUT2D eigenvalue weighted by Gasteiger charge is -2.24. The minimum absolute atomic E-state index is 0.183. The number of aliphatic hydroxyl groups is 1. The topological polar surface area (TPSA) is 63.6 Å². The summed E-state index contributed by atoms with van der Waals surface area (Å²) in [7, 11) is 1.14. The minimum Gasteiger partial charge on any atom is -0.466 e. The molecule has 0 aliphatic carbocycles. The third-order valence-corrected chi connectivity index (χ3v) is 3.31. The zero-order valence-electron chi connectivity index (χ0n) is 11.9. The van der Waals surface area contributed by atoms with Crippen molar-refractivity contribution in [3.05, 3.63) is 71.3 Å². The Bertz CT molecular complexity index is 646. The van der Waals surface area contributed by atoms with Gasteiger partial charge >= 0.3 is 5.97 Å². The summed E-state index contributed by atoms with van der Waals surface area (Å²) < 4.78 is 4.63. The van der Waals surface area contributed by atoms with Crippen LogP contribution in [0.4, 0.5) is 0 Å². The van der Waals surface area contributed by atoms with Gasteiger partial charge in [0.2, 0.25) is 5.78 Å². The Morgan fingerprint density at radius 2 is 1.57 bits per heavy atom. The van der Waals surface area contributed by atoms with Crippen LogP contribution in [0, 0.1) is 6.92 Å². The van der Waals surface area contributed by atoms with Gasteiger partial charge in [0.15, 0.2) is 0 Å². The zero-order chi connectivity index (χ0) is 15.5. The number of carbonyl (C=O) groups excluding carboxylic acids is 2. The lowest BCUT2D eigenvalue weighted by Crippen LogP contribution is -2.44. The Morgan fingerprint density at radius 1 is 1.00 bits per heavy atom. The number of ether oxygens (including phenoxy) is 1. The van der Waals surface area contributed by atoms with Crippen molar-refractivity contribution in [1.82, 2.24) is 0 Å². The number of benzene rings is 2. The summed E-state index contributed by atoms with van der Waals surface area (Å²) in [6, 6.07) is 14.7. The predicted octanol–water partition coefficient (Wildman–Crippen LogP) is 2.24. The number of aryl methyl sites for hydroxylation is 1. The largest absolute Gasteiger partial charge is 0.466 e. The lowest BCUT2D eigenvalue weighted by atomic mass is 9.85. The Hall–Kier alpha value is -2.46. The van der Waals surface area contributed by atoms with Gasteiger partial charge in [0, 0.05) is 11.1 Å². The first-order valence-electron chi connectivity index (χ1n) is 6.48. The molecule has 2 aromatic rings. The molecular formula is C17H16O4. The van der Waals surface area contributed by atoms with Crippen LogP contribution in [0.1, 0.15) is 21.5 Å². The number of rotatable bonds is 4. The van der Waals surface area contributed by atoms with Crippen LogP contribution in [0.15, 0.2) is 54.6 Å². The molecule has 1 unspecified atom stereocenters. The quantitative estimate of drug-likeness (QED) is 0.531. The molecule has 0 fully saturated rings. The Balaban J connectivity index is 2.53. The van der Waals surface area contributed by atoms with Gasteiger partial charge in [-0.15, -0.1) is 0 Å². The molecule has 0 radical (unpaired) electrons. The summed E-state index contributed by atoms with van der Waals surface area (Å²) in [6.07, 6.45) is 0.